The minimum Gasteiger partial charge on any atom is -0.469 e. The van der Waals surface area contributed by atoms with Gasteiger partial charge in [-0.1, -0.05) is 0 Å². The standard InChI is InChI=1S/C13H11F2NO2/c1-7-6-18-8(2)12(7)13(17)16-11-5-9(14)3-4-10(11)15/h3-6H,1-2H3,(H,16,17). The number of hydrogen-bond donors (Lipinski definition) is 1. The molecule has 1 aromatic carbocycles. The van der Waals surface area contributed by atoms with Crippen LogP contribution in [0.4, 0.5) is 14.5 Å². The van der Waals surface area contributed by atoms with Gasteiger partial charge >= 0.3 is 0 Å². The zero-order valence-electron chi connectivity index (χ0n) is 9.88. The average molecular weight is 251 g/mol. The second-order valence-electron chi connectivity index (χ2n) is 3.93. The third-order valence-electron chi connectivity index (χ3n) is 2.56. The van der Waals surface area contributed by atoms with Gasteiger partial charge in [-0.15, -0.1) is 0 Å². The molecule has 1 heterocycles. The highest BCUT2D eigenvalue weighted by Gasteiger charge is 2.17. The van der Waals surface area contributed by atoms with E-state index < -0.39 is 17.5 Å². The largest absolute Gasteiger partial charge is 0.469 e. The van der Waals surface area contributed by atoms with E-state index in [9.17, 15) is 13.6 Å². The molecule has 0 bridgehead atoms. The molecule has 0 aliphatic rings. The first-order chi connectivity index (χ1) is 8.49. The van der Waals surface area contributed by atoms with Gasteiger partial charge in [-0.2, -0.15) is 0 Å². The highest BCUT2D eigenvalue weighted by atomic mass is 19.1. The van der Waals surface area contributed by atoms with Crippen LogP contribution in [-0.2, 0) is 0 Å². The molecule has 0 atom stereocenters. The normalized spacial score (nSPS) is 10.4. The fourth-order valence-corrected chi connectivity index (χ4v) is 1.69. The van der Waals surface area contributed by atoms with Crippen molar-refractivity contribution in [1.29, 1.82) is 0 Å². The number of amides is 1. The summed E-state index contributed by atoms with van der Waals surface area (Å²) in [6, 6.07) is 2.87. The van der Waals surface area contributed by atoms with E-state index in [4.69, 9.17) is 4.42 Å². The zero-order chi connectivity index (χ0) is 13.3. The maximum atomic E-state index is 13.4. The highest BCUT2D eigenvalue weighted by Crippen LogP contribution is 2.20. The van der Waals surface area contributed by atoms with E-state index in [0.717, 1.165) is 18.2 Å². The number of benzene rings is 1. The molecule has 5 heteroatoms. The van der Waals surface area contributed by atoms with E-state index in [-0.39, 0.29) is 5.69 Å². The number of aryl methyl sites for hydroxylation is 2. The minimum absolute atomic E-state index is 0.194. The van der Waals surface area contributed by atoms with Gasteiger partial charge in [0.15, 0.2) is 0 Å². The van der Waals surface area contributed by atoms with Crippen LogP contribution in [0.25, 0.3) is 0 Å². The molecule has 0 aliphatic heterocycles. The lowest BCUT2D eigenvalue weighted by Crippen LogP contribution is -2.14. The topological polar surface area (TPSA) is 42.2 Å². The van der Waals surface area contributed by atoms with Crippen LogP contribution in [0.3, 0.4) is 0 Å². The third-order valence-corrected chi connectivity index (χ3v) is 2.56. The van der Waals surface area contributed by atoms with Crippen LogP contribution in [-0.4, -0.2) is 5.91 Å². The predicted octanol–water partition coefficient (Wildman–Crippen LogP) is 3.43. The Morgan fingerprint density at radius 2 is 2.00 bits per heavy atom. The molecule has 2 aromatic rings. The Labute approximate surface area is 102 Å². The first kappa shape index (κ1) is 12.3. The van der Waals surface area contributed by atoms with E-state index in [2.05, 4.69) is 5.32 Å². The van der Waals surface area contributed by atoms with Crippen molar-refractivity contribution in [2.75, 3.05) is 5.32 Å². The molecule has 0 unspecified atom stereocenters. The van der Waals surface area contributed by atoms with Gasteiger partial charge < -0.3 is 9.73 Å². The van der Waals surface area contributed by atoms with Crippen molar-refractivity contribution >= 4 is 11.6 Å². The number of carbonyl (C=O) groups excluding carboxylic acids is 1. The number of rotatable bonds is 2. The van der Waals surface area contributed by atoms with E-state index in [1.54, 1.807) is 13.8 Å². The Balaban J connectivity index is 2.30. The van der Waals surface area contributed by atoms with Crippen LogP contribution in [0.1, 0.15) is 21.7 Å². The number of anilines is 1. The van der Waals surface area contributed by atoms with E-state index >= 15 is 0 Å². The maximum absolute atomic E-state index is 13.4. The Morgan fingerprint density at radius 1 is 1.28 bits per heavy atom. The smallest absolute Gasteiger partial charge is 0.259 e. The Bertz CT molecular complexity index is 586. The van der Waals surface area contributed by atoms with Crippen molar-refractivity contribution < 1.29 is 18.0 Å². The molecule has 2 rings (SSSR count). The lowest BCUT2D eigenvalue weighted by molar-refractivity contribution is 0.102. The van der Waals surface area contributed by atoms with Gasteiger partial charge in [0.1, 0.15) is 17.4 Å². The molecule has 0 saturated heterocycles. The molecule has 94 valence electrons. The van der Waals surface area contributed by atoms with Gasteiger partial charge in [0.2, 0.25) is 0 Å². The van der Waals surface area contributed by atoms with Crippen LogP contribution in [0, 0.1) is 25.5 Å². The highest BCUT2D eigenvalue weighted by molar-refractivity contribution is 6.06. The number of hydrogen-bond acceptors (Lipinski definition) is 2. The number of carbonyl (C=O) groups is 1. The first-order valence-corrected chi connectivity index (χ1v) is 5.30. The number of nitrogens with one attached hydrogen (secondary N) is 1. The van der Waals surface area contributed by atoms with Crippen molar-refractivity contribution in [1.82, 2.24) is 0 Å². The van der Waals surface area contributed by atoms with Gasteiger partial charge in [-0.3, -0.25) is 4.79 Å². The van der Waals surface area contributed by atoms with Crippen molar-refractivity contribution in [2.24, 2.45) is 0 Å². The molecule has 1 N–H and O–H groups in total. The van der Waals surface area contributed by atoms with Gasteiger partial charge in [-0.05, 0) is 26.0 Å². The summed E-state index contributed by atoms with van der Waals surface area (Å²) in [7, 11) is 0. The number of halogens is 2. The predicted molar refractivity (Wildman–Crippen MR) is 62.5 cm³/mol. The minimum atomic E-state index is -0.691. The van der Waals surface area contributed by atoms with Crippen LogP contribution in [0.5, 0.6) is 0 Å². The molecule has 0 fully saturated rings. The summed E-state index contributed by atoms with van der Waals surface area (Å²) in [6.45, 7) is 3.33. The summed E-state index contributed by atoms with van der Waals surface area (Å²) in [5, 5.41) is 2.32. The lowest BCUT2D eigenvalue weighted by atomic mass is 10.1. The molecule has 18 heavy (non-hydrogen) atoms. The second kappa shape index (κ2) is 4.60. The maximum Gasteiger partial charge on any atom is 0.259 e. The first-order valence-electron chi connectivity index (χ1n) is 5.30. The fraction of sp³-hybridized carbons (Fsp3) is 0.154. The summed E-state index contributed by atoms with van der Waals surface area (Å²) < 4.78 is 31.4. The number of furan rings is 1. The fourth-order valence-electron chi connectivity index (χ4n) is 1.69. The van der Waals surface area contributed by atoms with Crippen LogP contribution >= 0.6 is 0 Å². The summed E-state index contributed by atoms with van der Waals surface area (Å²) in [4.78, 5) is 11.9. The van der Waals surface area contributed by atoms with Gasteiger partial charge in [-0.25, -0.2) is 8.78 Å². The molecule has 1 aromatic heterocycles. The monoisotopic (exact) mass is 251 g/mol. The third kappa shape index (κ3) is 2.25. The van der Waals surface area contributed by atoms with E-state index in [0.29, 0.717) is 16.9 Å². The van der Waals surface area contributed by atoms with Gasteiger partial charge in [0, 0.05) is 11.6 Å². The molecular formula is C13H11F2NO2. The molecule has 3 nitrogen and oxygen atoms in total. The molecular weight excluding hydrogens is 240 g/mol. The van der Waals surface area contributed by atoms with Crippen molar-refractivity contribution in [3.63, 3.8) is 0 Å². The van der Waals surface area contributed by atoms with Crippen molar-refractivity contribution in [3.8, 4) is 0 Å². The van der Waals surface area contributed by atoms with Crippen LogP contribution in [0.2, 0.25) is 0 Å². The Hall–Kier alpha value is -2.17. The quantitative estimate of drug-likeness (QED) is 0.888. The molecule has 0 aliphatic carbocycles. The van der Waals surface area contributed by atoms with Crippen LogP contribution < -0.4 is 5.32 Å². The molecule has 0 radical (unpaired) electrons. The second-order valence-corrected chi connectivity index (χ2v) is 3.93. The van der Waals surface area contributed by atoms with Crippen LogP contribution in [0.15, 0.2) is 28.9 Å². The van der Waals surface area contributed by atoms with Crippen molar-refractivity contribution in [3.05, 3.63) is 53.0 Å². The molecule has 0 saturated carbocycles. The van der Waals surface area contributed by atoms with Gasteiger partial charge in [0.25, 0.3) is 5.91 Å². The van der Waals surface area contributed by atoms with Gasteiger partial charge in [0.05, 0.1) is 17.5 Å². The van der Waals surface area contributed by atoms with Crippen molar-refractivity contribution in [2.45, 2.75) is 13.8 Å². The lowest BCUT2D eigenvalue weighted by Gasteiger charge is -2.06. The summed E-state index contributed by atoms with van der Waals surface area (Å²) in [5.41, 5.74) is 0.778. The SMILES string of the molecule is Cc1coc(C)c1C(=O)Nc1cc(F)ccc1F. The Kier molecular flexibility index (Phi) is 3.14. The van der Waals surface area contributed by atoms with E-state index in [1.165, 1.54) is 6.26 Å². The molecule has 0 spiro atoms. The summed E-state index contributed by atoms with van der Waals surface area (Å²) in [5.74, 6) is -1.40. The Morgan fingerprint density at radius 3 is 2.61 bits per heavy atom. The molecule has 1 amide bonds. The zero-order valence-corrected chi connectivity index (χ0v) is 9.88. The average Bonchev–Trinajstić information content (AvgIpc) is 2.63. The van der Waals surface area contributed by atoms with E-state index in [1.807, 2.05) is 0 Å². The summed E-state index contributed by atoms with van der Waals surface area (Å²) >= 11 is 0. The summed E-state index contributed by atoms with van der Waals surface area (Å²) in [6.07, 6.45) is 1.44.